The number of amides is 2. The van der Waals surface area contributed by atoms with Crippen molar-refractivity contribution in [2.75, 3.05) is 20.3 Å². The number of ether oxygens (including phenoxy) is 1. The van der Waals surface area contributed by atoms with Crippen LogP contribution in [0.25, 0.3) is 0 Å². The van der Waals surface area contributed by atoms with Gasteiger partial charge in [0.15, 0.2) is 0 Å². The molecular formula is C19H28N2O3. The lowest BCUT2D eigenvalue weighted by molar-refractivity contribution is -0.136. The van der Waals surface area contributed by atoms with Gasteiger partial charge in [0.25, 0.3) is 0 Å². The zero-order chi connectivity index (χ0) is 17.5. The van der Waals surface area contributed by atoms with E-state index in [9.17, 15) is 9.59 Å². The lowest BCUT2D eigenvalue weighted by Crippen LogP contribution is -2.38. The molecule has 2 atom stereocenters. The van der Waals surface area contributed by atoms with E-state index in [-0.39, 0.29) is 29.7 Å². The van der Waals surface area contributed by atoms with Crippen molar-refractivity contribution < 1.29 is 14.3 Å². The third-order valence-electron chi connectivity index (χ3n) is 4.37. The topological polar surface area (TPSA) is 58.6 Å². The van der Waals surface area contributed by atoms with Gasteiger partial charge < -0.3 is 15.0 Å². The zero-order valence-corrected chi connectivity index (χ0v) is 14.8. The summed E-state index contributed by atoms with van der Waals surface area (Å²) < 4.78 is 4.96. The van der Waals surface area contributed by atoms with E-state index in [1.165, 1.54) is 0 Å². The van der Waals surface area contributed by atoms with E-state index in [0.29, 0.717) is 26.1 Å². The van der Waals surface area contributed by atoms with Crippen LogP contribution in [0.2, 0.25) is 0 Å². The first kappa shape index (κ1) is 18.5. The van der Waals surface area contributed by atoms with Crippen LogP contribution in [0, 0.1) is 11.8 Å². The molecule has 1 fully saturated rings. The Kier molecular flexibility index (Phi) is 6.79. The van der Waals surface area contributed by atoms with Crippen LogP contribution in [0.5, 0.6) is 0 Å². The van der Waals surface area contributed by atoms with Gasteiger partial charge in [-0.15, -0.1) is 0 Å². The summed E-state index contributed by atoms with van der Waals surface area (Å²) in [4.78, 5) is 26.8. The molecule has 5 heteroatoms. The number of rotatable bonds is 9. The summed E-state index contributed by atoms with van der Waals surface area (Å²) >= 11 is 0. The van der Waals surface area contributed by atoms with Crippen molar-refractivity contribution in [3.8, 4) is 0 Å². The monoisotopic (exact) mass is 332 g/mol. The maximum absolute atomic E-state index is 12.8. The van der Waals surface area contributed by atoms with Gasteiger partial charge >= 0.3 is 0 Å². The van der Waals surface area contributed by atoms with E-state index in [1.807, 2.05) is 49.1 Å². The fourth-order valence-corrected chi connectivity index (χ4v) is 2.82. The summed E-state index contributed by atoms with van der Waals surface area (Å²) in [5.74, 6) is -0.255. The highest BCUT2D eigenvalue weighted by molar-refractivity contribution is 5.92. The summed E-state index contributed by atoms with van der Waals surface area (Å²) in [6.07, 6.45) is 1.45. The molecule has 0 spiro atoms. The van der Waals surface area contributed by atoms with E-state index in [0.717, 1.165) is 12.0 Å². The quantitative estimate of drug-likeness (QED) is 0.705. The van der Waals surface area contributed by atoms with Gasteiger partial charge in [-0.1, -0.05) is 30.3 Å². The number of benzene rings is 1. The van der Waals surface area contributed by atoms with E-state index in [4.69, 9.17) is 4.74 Å². The van der Waals surface area contributed by atoms with Crippen LogP contribution in [0.1, 0.15) is 32.3 Å². The number of hydrogen-bond donors (Lipinski definition) is 1. The van der Waals surface area contributed by atoms with Crippen molar-refractivity contribution in [3.63, 3.8) is 0 Å². The smallest absolute Gasteiger partial charge is 0.227 e. The molecule has 1 aromatic rings. The molecule has 1 aliphatic carbocycles. The van der Waals surface area contributed by atoms with Gasteiger partial charge in [-0.25, -0.2) is 0 Å². The first-order chi connectivity index (χ1) is 11.5. The summed E-state index contributed by atoms with van der Waals surface area (Å²) in [6.45, 7) is 5.86. The zero-order valence-electron chi connectivity index (χ0n) is 14.8. The van der Waals surface area contributed by atoms with Crippen LogP contribution < -0.4 is 5.32 Å². The molecule has 0 saturated heterocycles. The molecule has 0 radical (unpaired) electrons. The fourth-order valence-electron chi connectivity index (χ4n) is 2.82. The van der Waals surface area contributed by atoms with Gasteiger partial charge in [-0.05, 0) is 32.3 Å². The molecule has 1 saturated carbocycles. The summed E-state index contributed by atoms with van der Waals surface area (Å²) in [6, 6.07) is 10.1. The predicted octanol–water partition coefficient (Wildman–Crippen LogP) is 2.21. The molecular weight excluding hydrogens is 304 g/mol. The fraction of sp³-hybridized carbons (Fsp3) is 0.579. The second-order valence-electron chi connectivity index (χ2n) is 6.63. The largest absolute Gasteiger partial charge is 0.385 e. The second-order valence-corrected chi connectivity index (χ2v) is 6.63. The first-order valence-electron chi connectivity index (χ1n) is 8.65. The highest BCUT2D eigenvalue weighted by Gasteiger charge is 2.49. The highest BCUT2D eigenvalue weighted by atomic mass is 16.5. The number of carbonyl (C=O) groups is 2. The van der Waals surface area contributed by atoms with Gasteiger partial charge in [-0.2, -0.15) is 0 Å². The Morgan fingerprint density at radius 1 is 1.25 bits per heavy atom. The van der Waals surface area contributed by atoms with Crippen LogP contribution in [0.4, 0.5) is 0 Å². The lowest BCUT2D eigenvalue weighted by Gasteiger charge is -2.27. The molecule has 0 bridgehead atoms. The third kappa shape index (κ3) is 5.06. The van der Waals surface area contributed by atoms with Gasteiger partial charge in [0.1, 0.15) is 0 Å². The Bertz CT molecular complexity index is 545. The number of hydrogen-bond acceptors (Lipinski definition) is 3. The molecule has 132 valence electrons. The van der Waals surface area contributed by atoms with E-state index in [2.05, 4.69) is 5.32 Å². The Hall–Kier alpha value is -1.88. The minimum Gasteiger partial charge on any atom is -0.385 e. The summed E-state index contributed by atoms with van der Waals surface area (Å²) in [5.41, 5.74) is 1.11. The molecule has 2 amide bonds. The number of carbonyl (C=O) groups excluding carboxylic acids is 2. The van der Waals surface area contributed by atoms with Crippen molar-refractivity contribution in [2.45, 2.75) is 39.3 Å². The van der Waals surface area contributed by atoms with Crippen molar-refractivity contribution >= 4 is 11.8 Å². The maximum Gasteiger partial charge on any atom is 0.227 e. The summed E-state index contributed by atoms with van der Waals surface area (Å²) in [5, 5.41) is 2.89. The van der Waals surface area contributed by atoms with Crippen molar-refractivity contribution in [1.82, 2.24) is 10.2 Å². The highest BCUT2D eigenvalue weighted by Crippen LogP contribution is 2.40. The third-order valence-corrected chi connectivity index (χ3v) is 4.37. The lowest BCUT2D eigenvalue weighted by atomic mass is 10.1. The Balaban J connectivity index is 1.86. The molecule has 2 unspecified atom stereocenters. The average Bonchev–Trinajstić information content (AvgIpc) is 3.37. The van der Waals surface area contributed by atoms with Crippen LogP contribution in [-0.2, 0) is 20.9 Å². The SMILES string of the molecule is COCCCNC(=O)C1CC1C(=O)N(Cc1ccccc1)C(C)C. The molecule has 2 rings (SSSR count). The maximum atomic E-state index is 12.8. The minimum absolute atomic E-state index is 0.00660. The van der Waals surface area contributed by atoms with Crippen LogP contribution in [0.15, 0.2) is 30.3 Å². The van der Waals surface area contributed by atoms with Crippen LogP contribution in [0.3, 0.4) is 0 Å². The Labute approximate surface area is 144 Å². The van der Waals surface area contributed by atoms with E-state index in [1.54, 1.807) is 7.11 Å². The number of nitrogens with zero attached hydrogens (tertiary/aromatic N) is 1. The molecule has 1 aromatic carbocycles. The van der Waals surface area contributed by atoms with Gasteiger partial charge in [-0.3, -0.25) is 9.59 Å². The van der Waals surface area contributed by atoms with Gasteiger partial charge in [0.05, 0.1) is 11.8 Å². The minimum atomic E-state index is -0.169. The van der Waals surface area contributed by atoms with Crippen LogP contribution in [-0.4, -0.2) is 43.0 Å². The van der Waals surface area contributed by atoms with Gasteiger partial charge in [0.2, 0.25) is 11.8 Å². The molecule has 1 N–H and O–H groups in total. The van der Waals surface area contributed by atoms with Crippen molar-refractivity contribution in [3.05, 3.63) is 35.9 Å². The summed E-state index contributed by atoms with van der Waals surface area (Å²) in [7, 11) is 1.64. The first-order valence-corrected chi connectivity index (χ1v) is 8.65. The standard InChI is InChI=1S/C19H28N2O3/c1-14(2)21(13-15-8-5-4-6-9-15)19(23)17-12-16(17)18(22)20-10-7-11-24-3/h4-6,8-9,14,16-17H,7,10-13H2,1-3H3,(H,20,22). The normalized spacial score (nSPS) is 19.2. The average molecular weight is 332 g/mol. The van der Waals surface area contributed by atoms with E-state index < -0.39 is 0 Å². The van der Waals surface area contributed by atoms with Gasteiger partial charge in [0, 0.05) is 32.8 Å². The molecule has 0 aromatic heterocycles. The molecule has 0 aliphatic heterocycles. The van der Waals surface area contributed by atoms with Crippen molar-refractivity contribution in [1.29, 1.82) is 0 Å². The molecule has 24 heavy (non-hydrogen) atoms. The Morgan fingerprint density at radius 2 is 1.96 bits per heavy atom. The molecule has 5 nitrogen and oxygen atoms in total. The van der Waals surface area contributed by atoms with E-state index >= 15 is 0 Å². The predicted molar refractivity (Wildman–Crippen MR) is 93.2 cm³/mol. The number of nitrogens with one attached hydrogen (secondary N) is 1. The second kappa shape index (κ2) is 8.83. The van der Waals surface area contributed by atoms with Crippen molar-refractivity contribution in [2.24, 2.45) is 11.8 Å². The number of methoxy groups -OCH3 is 1. The molecule has 1 aliphatic rings. The Morgan fingerprint density at radius 3 is 2.58 bits per heavy atom. The van der Waals surface area contributed by atoms with Crippen LogP contribution >= 0.6 is 0 Å². The molecule has 0 heterocycles.